The van der Waals surface area contributed by atoms with Gasteiger partial charge < -0.3 is 5.73 Å². The topological polar surface area (TPSA) is 26.0 Å². The molecule has 0 radical (unpaired) electrons. The van der Waals surface area contributed by atoms with E-state index in [9.17, 15) is 0 Å². The third-order valence-electron chi connectivity index (χ3n) is 4.12. The van der Waals surface area contributed by atoms with E-state index < -0.39 is 0 Å². The quantitative estimate of drug-likeness (QED) is 0.771. The van der Waals surface area contributed by atoms with E-state index in [1.807, 2.05) is 6.07 Å². The van der Waals surface area contributed by atoms with Crippen molar-refractivity contribution in [3.63, 3.8) is 0 Å². The number of hydrogen-bond donors (Lipinski definition) is 1. The number of nitrogen functional groups attached to an aromatic ring is 1. The molecule has 0 saturated carbocycles. The van der Waals surface area contributed by atoms with Gasteiger partial charge in [-0.25, -0.2) is 0 Å². The Morgan fingerprint density at radius 1 is 1.00 bits per heavy atom. The molecule has 0 aliphatic heterocycles. The number of aryl methyl sites for hydroxylation is 1. The van der Waals surface area contributed by atoms with Crippen LogP contribution in [0.4, 0.5) is 5.69 Å². The highest BCUT2D eigenvalue weighted by Gasteiger charge is 2.17. The Labute approximate surface area is 116 Å². The Morgan fingerprint density at radius 2 is 1.63 bits per heavy atom. The Bertz CT molecular complexity index is 565. The van der Waals surface area contributed by atoms with Gasteiger partial charge in [0.05, 0.1) is 0 Å². The summed E-state index contributed by atoms with van der Waals surface area (Å²) in [6, 6.07) is 15.0. The molecule has 0 amide bonds. The van der Waals surface area contributed by atoms with Gasteiger partial charge in [0.1, 0.15) is 0 Å². The molecule has 2 rings (SSSR count). The minimum Gasteiger partial charge on any atom is -0.399 e. The smallest absolute Gasteiger partial charge is 0.0320 e. The van der Waals surface area contributed by atoms with E-state index in [-0.39, 0.29) is 5.41 Å². The molecule has 1 heteroatoms. The summed E-state index contributed by atoms with van der Waals surface area (Å²) in [7, 11) is 0. The largest absolute Gasteiger partial charge is 0.399 e. The lowest BCUT2D eigenvalue weighted by molar-refractivity contribution is 0.506. The molecule has 2 aromatic carbocycles. The Balaban J connectivity index is 2.40. The lowest BCUT2D eigenvalue weighted by Crippen LogP contribution is -2.14. The van der Waals surface area contributed by atoms with Gasteiger partial charge in [0.2, 0.25) is 0 Å². The predicted octanol–water partition coefficient (Wildman–Crippen LogP) is 4.93. The van der Waals surface area contributed by atoms with Crippen LogP contribution in [-0.2, 0) is 5.41 Å². The summed E-state index contributed by atoms with van der Waals surface area (Å²) in [6.07, 6.45) is 1.14. The maximum atomic E-state index is 5.89. The molecule has 0 fully saturated rings. The van der Waals surface area contributed by atoms with Crippen molar-refractivity contribution < 1.29 is 0 Å². The van der Waals surface area contributed by atoms with Crippen LogP contribution in [0, 0.1) is 6.92 Å². The van der Waals surface area contributed by atoms with Crippen LogP contribution in [0.3, 0.4) is 0 Å². The molecule has 1 nitrogen and oxygen atoms in total. The highest BCUT2D eigenvalue weighted by atomic mass is 14.5. The van der Waals surface area contributed by atoms with Crippen LogP contribution in [-0.4, -0.2) is 0 Å². The van der Waals surface area contributed by atoms with Crippen molar-refractivity contribution in [3.8, 4) is 11.1 Å². The normalized spacial score (nSPS) is 11.6. The number of nitrogens with two attached hydrogens (primary N) is 1. The third-order valence-corrected chi connectivity index (χ3v) is 4.12. The highest BCUT2D eigenvalue weighted by molar-refractivity contribution is 5.71. The summed E-state index contributed by atoms with van der Waals surface area (Å²) in [5.74, 6) is 0. The van der Waals surface area contributed by atoms with Gasteiger partial charge in [-0.05, 0) is 53.1 Å². The predicted molar refractivity (Wildman–Crippen MR) is 84.3 cm³/mol. The lowest BCUT2D eigenvalue weighted by atomic mass is 9.81. The molecule has 0 aliphatic rings. The summed E-state index contributed by atoms with van der Waals surface area (Å²) in [5, 5.41) is 0. The minimum atomic E-state index is 0.239. The zero-order valence-electron chi connectivity index (χ0n) is 12.3. The molecule has 0 heterocycles. The van der Waals surface area contributed by atoms with Crippen LogP contribution in [0.15, 0.2) is 42.5 Å². The van der Waals surface area contributed by atoms with Crippen molar-refractivity contribution in [2.45, 2.75) is 39.5 Å². The van der Waals surface area contributed by atoms with Crippen LogP contribution < -0.4 is 5.73 Å². The van der Waals surface area contributed by atoms with Gasteiger partial charge in [-0.2, -0.15) is 0 Å². The first-order chi connectivity index (χ1) is 8.94. The molecule has 2 aromatic rings. The van der Waals surface area contributed by atoms with E-state index in [1.165, 1.54) is 22.3 Å². The zero-order valence-corrected chi connectivity index (χ0v) is 12.3. The standard InChI is InChI=1S/C18H23N/c1-5-18(3,4)15-9-7-14(8-10-15)17-12-16(19)11-6-13(17)2/h6-12H,5,19H2,1-4H3. The lowest BCUT2D eigenvalue weighted by Gasteiger charge is -2.23. The van der Waals surface area contributed by atoms with E-state index in [0.717, 1.165) is 12.1 Å². The van der Waals surface area contributed by atoms with Crippen molar-refractivity contribution in [3.05, 3.63) is 53.6 Å². The first-order valence-corrected chi connectivity index (χ1v) is 6.91. The van der Waals surface area contributed by atoms with Gasteiger partial charge >= 0.3 is 0 Å². The average molecular weight is 253 g/mol. The number of hydrogen-bond acceptors (Lipinski definition) is 1. The van der Waals surface area contributed by atoms with Crippen LogP contribution in [0.25, 0.3) is 11.1 Å². The molecule has 0 spiro atoms. The molecule has 0 atom stereocenters. The SMILES string of the molecule is CCC(C)(C)c1ccc(-c2cc(N)ccc2C)cc1. The maximum absolute atomic E-state index is 5.89. The molecule has 0 saturated heterocycles. The van der Waals surface area contributed by atoms with Crippen LogP contribution in [0.1, 0.15) is 38.3 Å². The van der Waals surface area contributed by atoms with Gasteiger partial charge in [0, 0.05) is 5.69 Å². The van der Waals surface area contributed by atoms with Crippen molar-refractivity contribution in [1.82, 2.24) is 0 Å². The van der Waals surface area contributed by atoms with E-state index >= 15 is 0 Å². The molecular weight excluding hydrogens is 230 g/mol. The first-order valence-electron chi connectivity index (χ1n) is 6.91. The van der Waals surface area contributed by atoms with E-state index in [0.29, 0.717) is 0 Å². The van der Waals surface area contributed by atoms with Crippen LogP contribution in [0.5, 0.6) is 0 Å². The summed E-state index contributed by atoms with van der Waals surface area (Å²) in [4.78, 5) is 0. The second-order valence-corrected chi connectivity index (χ2v) is 5.89. The third kappa shape index (κ3) is 2.81. The summed E-state index contributed by atoms with van der Waals surface area (Å²) in [5.41, 5.74) is 12.1. The van der Waals surface area contributed by atoms with Gasteiger partial charge in [0.15, 0.2) is 0 Å². The molecule has 0 aliphatic carbocycles. The number of benzene rings is 2. The number of rotatable bonds is 3. The highest BCUT2D eigenvalue weighted by Crippen LogP contribution is 2.30. The monoisotopic (exact) mass is 253 g/mol. The fourth-order valence-electron chi connectivity index (χ4n) is 2.26. The molecule has 2 N–H and O–H groups in total. The average Bonchev–Trinajstić information content (AvgIpc) is 2.42. The molecule has 19 heavy (non-hydrogen) atoms. The van der Waals surface area contributed by atoms with Gasteiger partial charge in [-0.15, -0.1) is 0 Å². The number of anilines is 1. The fourth-order valence-corrected chi connectivity index (χ4v) is 2.26. The summed E-state index contributed by atoms with van der Waals surface area (Å²) < 4.78 is 0. The molecule has 100 valence electrons. The zero-order chi connectivity index (χ0) is 14.0. The Morgan fingerprint density at radius 3 is 2.21 bits per heavy atom. The fraction of sp³-hybridized carbons (Fsp3) is 0.333. The molecule has 0 unspecified atom stereocenters. The summed E-state index contributed by atoms with van der Waals surface area (Å²) >= 11 is 0. The van der Waals surface area contributed by atoms with Crippen LogP contribution in [0.2, 0.25) is 0 Å². The van der Waals surface area contributed by atoms with E-state index in [2.05, 4.69) is 64.1 Å². The van der Waals surface area contributed by atoms with Crippen molar-refractivity contribution in [1.29, 1.82) is 0 Å². The molecule has 0 aromatic heterocycles. The molecule has 0 bridgehead atoms. The Hall–Kier alpha value is -1.76. The van der Waals surface area contributed by atoms with Crippen LogP contribution >= 0.6 is 0 Å². The van der Waals surface area contributed by atoms with Crippen molar-refractivity contribution in [2.75, 3.05) is 5.73 Å². The van der Waals surface area contributed by atoms with Gasteiger partial charge in [-0.1, -0.05) is 51.1 Å². The van der Waals surface area contributed by atoms with E-state index in [1.54, 1.807) is 0 Å². The summed E-state index contributed by atoms with van der Waals surface area (Å²) in [6.45, 7) is 8.93. The molecular formula is C18H23N. The first kappa shape index (κ1) is 13.7. The maximum Gasteiger partial charge on any atom is 0.0320 e. The minimum absolute atomic E-state index is 0.239. The van der Waals surface area contributed by atoms with Crippen molar-refractivity contribution in [2.24, 2.45) is 0 Å². The van der Waals surface area contributed by atoms with Gasteiger partial charge in [0.25, 0.3) is 0 Å². The Kier molecular flexibility index (Phi) is 3.66. The van der Waals surface area contributed by atoms with Crippen molar-refractivity contribution >= 4 is 5.69 Å². The van der Waals surface area contributed by atoms with E-state index in [4.69, 9.17) is 5.73 Å². The second kappa shape index (κ2) is 5.08. The second-order valence-electron chi connectivity index (χ2n) is 5.89. The van der Waals surface area contributed by atoms with Gasteiger partial charge in [-0.3, -0.25) is 0 Å².